The highest BCUT2D eigenvalue weighted by Gasteiger charge is 2.26. The van der Waals surface area contributed by atoms with Crippen molar-refractivity contribution in [3.8, 4) is 0 Å². The third-order valence-corrected chi connectivity index (χ3v) is 7.58. The van der Waals surface area contributed by atoms with Gasteiger partial charge in [0.25, 0.3) is 11.6 Å². The van der Waals surface area contributed by atoms with E-state index in [0.29, 0.717) is 62.1 Å². The van der Waals surface area contributed by atoms with Gasteiger partial charge in [0.1, 0.15) is 0 Å². The molecule has 2 fully saturated rings. The molecule has 2 saturated heterocycles. The molecule has 4 aromatic rings. The van der Waals surface area contributed by atoms with Crippen LogP contribution in [0.2, 0.25) is 0 Å². The van der Waals surface area contributed by atoms with E-state index in [1.54, 1.807) is 4.90 Å². The molecule has 1 N–H and O–H groups in total. The second-order valence-corrected chi connectivity index (χ2v) is 10.5. The van der Waals surface area contributed by atoms with Gasteiger partial charge in [-0.05, 0) is 37.5 Å². The molecule has 12 heteroatoms. The second kappa shape index (κ2) is 11.5. The van der Waals surface area contributed by atoms with Gasteiger partial charge in [0.2, 0.25) is 5.95 Å². The Kier molecular flexibility index (Phi) is 7.47. The number of hydrogen-bond donors (Lipinski definition) is 1. The number of ether oxygens (including phenoxy) is 1. The lowest BCUT2D eigenvalue weighted by molar-refractivity contribution is -0.384. The third kappa shape index (κ3) is 5.82. The van der Waals surface area contributed by atoms with E-state index >= 15 is 0 Å². The zero-order valence-corrected chi connectivity index (χ0v) is 22.9. The van der Waals surface area contributed by atoms with Crippen molar-refractivity contribution in [2.75, 3.05) is 49.5 Å². The van der Waals surface area contributed by atoms with Crippen molar-refractivity contribution >= 4 is 34.5 Å². The first-order chi connectivity index (χ1) is 19.9. The van der Waals surface area contributed by atoms with Crippen LogP contribution in [0.4, 0.5) is 17.5 Å². The van der Waals surface area contributed by atoms with Gasteiger partial charge in [-0.3, -0.25) is 14.9 Å². The van der Waals surface area contributed by atoms with Gasteiger partial charge in [0.15, 0.2) is 17.0 Å². The molecule has 1 amide bonds. The van der Waals surface area contributed by atoms with Gasteiger partial charge in [0.05, 0.1) is 23.9 Å². The zero-order chi connectivity index (χ0) is 28.3. The third-order valence-electron chi connectivity index (χ3n) is 7.58. The topological polar surface area (TPSA) is 132 Å². The number of imidazole rings is 1. The van der Waals surface area contributed by atoms with Crippen LogP contribution in [0.1, 0.15) is 34.3 Å². The molecule has 2 aliphatic heterocycles. The normalized spacial score (nSPS) is 17.2. The molecule has 1 atom stereocenters. The highest BCUT2D eigenvalue weighted by atomic mass is 16.6. The number of nitro groups is 1. The van der Waals surface area contributed by atoms with E-state index in [9.17, 15) is 14.9 Å². The van der Waals surface area contributed by atoms with Gasteiger partial charge in [-0.1, -0.05) is 29.8 Å². The molecular formula is C29H32N8O4. The minimum Gasteiger partial charge on any atom is -0.376 e. The summed E-state index contributed by atoms with van der Waals surface area (Å²) in [7, 11) is 0. The first-order valence-corrected chi connectivity index (χ1v) is 13.9. The fourth-order valence-corrected chi connectivity index (χ4v) is 5.35. The number of nitrogens with zero attached hydrogens (tertiary/aromatic N) is 7. The number of aromatic nitrogens is 4. The highest BCUT2D eigenvalue weighted by Crippen LogP contribution is 2.25. The predicted molar refractivity (Wildman–Crippen MR) is 154 cm³/mol. The minimum atomic E-state index is -0.472. The van der Waals surface area contributed by atoms with Gasteiger partial charge >= 0.3 is 0 Å². The summed E-state index contributed by atoms with van der Waals surface area (Å²) in [5.41, 5.74) is 4.22. The number of nitrogens with one attached hydrogen (secondary N) is 1. The molecule has 0 bridgehead atoms. The summed E-state index contributed by atoms with van der Waals surface area (Å²) in [6, 6.07) is 14.1. The standard InChI is InChI=1S/C29H32N8O4/c1-20-4-2-5-21(16-20)18-36-19-31-25-26(30-17-24-6-3-15-41-24)32-29(33-27(25)36)35-13-11-34(12-14-35)28(38)22-7-9-23(10-8-22)37(39)40/h2,4-5,7-10,16,19,24H,3,6,11-15,17-18H2,1H3,(H,30,32,33). The van der Waals surface area contributed by atoms with Crippen LogP contribution in [0.15, 0.2) is 54.9 Å². The van der Waals surface area contributed by atoms with Crippen LogP contribution in [0.3, 0.4) is 0 Å². The summed E-state index contributed by atoms with van der Waals surface area (Å²) >= 11 is 0. The number of nitro benzene ring substituents is 1. The lowest BCUT2D eigenvalue weighted by Gasteiger charge is -2.35. The molecule has 12 nitrogen and oxygen atoms in total. The van der Waals surface area contributed by atoms with Crippen LogP contribution in [-0.4, -0.2) is 80.7 Å². The number of aryl methyl sites for hydroxylation is 1. The average Bonchev–Trinajstić information content (AvgIpc) is 3.66. The van der Waals surface area contributed by atoms with Gasteiger partial charge in [-0.25, -0.2) is 4.98 Å². The van der Waals surface area contributed by atoms with Gasteiger partial charge < -0.3 is 24.4 Å². The van der Waals surface area contributed by atoms with E-state index in [4.69, 9.17) is 14.7 Å². The summed E-state index contributed by atoms with van der Waals surface area (Å²) < 4.78 is 7.85. The van der Waals surface area contributed by atoms with Crippen LogP contribution in [-0.2, 0) is 11.3 Å². The molecule has 212 valence electrons. The monoisotopic (exact) mass is 556 g/mol. The maximum absolute atomic E-state index is 13.0. The summed E-state index contributed by atoms with van der Waals surface area (Å²) in [6.45, 7) is 6.23. The Hall–Kier alpha value is -4.58. The molecule has 2 aromatic carbocycles. The van der Waals surface area contributed by atoms with Crippen LogP contribution in [0.5, 0.6) is 0 Å². The predicted octanol–water partition coefficient (Wildman–Crippen LogP) is 3.64. The van der Waals surface area contributed by atoms with Crippen molar-refractivity contribution in [3.05, 3.63) is 81.7 Å². The fraction of sp³-hybridized carbons (Fsp3) is 0.379. The number of rotatable bonds is 8. The van der Waals surface area contributed by atoms with Crippen LogP contribution in [0, 0.1) is 17.0 Å². The maximum Gasteiger partial charge on any atom is 0.269 e. The number of fused-ring (bicyclic) bond motifs is 1. The van der Waals surface area contributed by atoms with E-state index in [1.807, 2.05) is 10.9 Å². The first kappa shape index (κ1) is 26.6. The largest absolute Gasteiger partial charge is 0.376 e. The molecule has 6 rings (SSSR count). The summed E-state index contributed by atoms with van der Waals surface area (Å²) in [5, 5.41) is 14.4. The average molecular weight is 557 g/mol. The lowest BCUT2D eigenvalue weighted by atomic mass is 10.1. The summed E-state index contributed by atoms with van der Waals surface area (Å²) in [4.78, 5) is 41.9. The summed E-state index contributed by atoms with van der Waals surface area (Å²) in [6.07, 6.45) is 4.03. The first-order valence-electron chi connectivity index (χ1n) is 13.9. The second-order valence-electron chi connectivity index (χ2n) is 10.5. The molecule has 2 aromatic heterocycles. The number of piperazine rings is 1. The van der Waals surface area contributed by atoms with Crippen LogP contribution < -0.4 is 10.2 Å². The van der Waals surface area contributed by atoms with E-state index in [0.717, 1.165) is 30.7 Å². The molecule has 0 aliphatic carbocycles. The molecule has 0 saturated carbocycles. The van der Waals surface area contributed by atoms with Crippen molar-refractivity contribution in [1.82, 2.24) is 24.4 Å². The number of amides is 1. The minimum absolute atomic E-state index is 0.0375. The Bertz CT molecular complexity index is 1560. The molecule has 2 aliphatic rings. The SMILES string of the molecule is Cc1cccc(Cn2cnc3c(NCC4CCCO4)nc(N4CCN(C(=O)c5ccc([N+](=O)[O-])cc5)CC4)nc32)c1. The van der Waals surface area contributed by atoms with Crippen molar-refractivity contribution < 1.29 is 14.5 Å². The van der Waals surface area contributed by atoms with Crippen molar-refractivity contribution in [2.45, 2.75) is 32.4 Å². The van der Waals surface area contributed by atoms with E-state index in [2.05, 4.69) is 46.4 Å². The van der Waals surface area contributed by atoms with Crippen molar-refractivity contribution in [1.29, 1.82) is 0 Å². The summed E-state index contributed by atoms with van der Waals surface area (Å²) in [5.74, 6) is 1.11. The Labute approximate surface area is 237 Å². The van der Waals surface area contributed by atoms with Crippen molar-refractivity contribution in [3.63, 3.8) is 0 Å². The van der Waals surface area contributed by atoms with Gasteiger partial charge in [-0.2, -0.15) is 9.97 Å². The highest BCUT2D eigenvalue weighted by molar-refractivity contribution is 5.94. The fourth-order valence-electron chi connectivity index (χ4n) is 5.35. The maximum atomic E-state index is 13.0. The van der Waals surface area contributed by atoms with E-state index in [1.165, 1.54) is 29.8 Å². The number of non-ortho nitro benzene ring substituents is 1. The molecule has 4 heterocycles. The zero-order valence-electron chi connectivity index (χ0n) is 22.9. The van der Waals surface area contributed by atoms with Gasteiger partial charge in [0, 0.05) is 57.0 Å². The Balaban J connectivity index is 1.22. The smallest absolute Gasteiger partial charge is 0.269 e. The Morgan fingerprint density at radius 2 is 1.93 bits per heavy atom. The molecular weight excluding hydrogens is 524 g/mol. The lowest BCUT2D eigenvalue weighted by Crippen LogP contribution is -2.49. The molecule has 0 spiro atoms. The number of anilines is 2. The van der Waals surface area contributed by atoms with Crippen LogP contribution >= 0.6 is 0 Å². The quantitative estimate of drug-likeness (QED) is 0.255. The van der Waals surface area contributed by atoms with E-state index in [-0.39, 0.29) is 17.7 Å². The number of carbonyl (C=O) groups excluding carboxylic acids is 1. The van der Waals surface area contributed by atoms with E-state index < -0.39 is 4.92 Å². The molecule has 0 radical (unpaired) electrons. The number of hydrogen-bond acceptors (Lipinski definition) is 9. The van der Waals surface area contributed by atoms with Crippen LogP contribution in [0.25, 0.3) is 11.2 Å². The Morgan fingerprint density at radius 1 is 1.12 bits per heavy atom. The Morgan fingerprint density at radius 3 is 2.63 bits per heavy atom. The van der Waals surface area contributed by atoms with Crippen molar-refractivity contribution in [2.24, 2.45) is 0 Å². The van der Waals surface area contributed by atoms with Gasteiger partial charge in [-0.15, -0.1) is 0 Å². The molecule has 1 unspecified atom stereocenters. The molecule has 41 heavy (non-hydrogen) atoms. The number of carbonyl (C=O) groups is 1. The number of benzene rings is 2.